The van der Waals surface area contributed by atoms with Crippen LogP contribution in [-0.4, -0.2) is 85.6 Å². The van der Waals surface area contributed by atoms with Crippen molar-refractivity contribution in [1.29, 1.82) is 0 Å². The van der Waals surface area contributed by atoms with Gasteiger partial charge >= 0.3 is 5.97 Å². The van der Waals surface area contributed by atoms with Crippen LogP contribution in [0.25, 0.3) is 0 Å². The van der Waals surface area contributed by atoms with E-state index in [-0.39, 0.29) is 35.4 Å². The maximum Gasteiger partial charge on any atom is 0.355 e. The van der Waals surface area contributed by atoms with E-state index in [9.17, 15) is 14.4 Å². The largest absolute Gasteiger partial charge is 0.457 e. The summed E-state index contributed by atoms with van der Waals surface area (Å²) in [6.07, 6.45) is 2.95. The predicted molar refractivity (Wildman–Crippen MR) is 122 cm³/mol. The lowest BCUT2D eigenvalue weighted by atomic mass is 10.1. The molecule has 0 aliphatic carbocycles. The third kappa shape index (κ3) is 5.76. The van der Waals surface area contributed by atoms with Crippen molar-refractivity contribution in [2.45, 2.75) is 11.2 Å². The van der Waals surface area contributed by atoms with Gasteiger partial charge in [0, 0.05) is 18.2 Å². The number of nitrogens with one attached hydrogen (secondary N) is 1. The number of hydrogen-bond acceptors (Lipinski definition) is 13. The number of rotatable bonds is 11. The molecule has 0 saturated carbocycles. The molecule has 2 amide bonds. The van der Waals surface area contributed by atoms with Crippen LogP contribution in [0.5, 0.6) is 0 Å². The van der Waals surface area contributed by atoms with Gasteiger partial charge in [0.15, 0.2) is 10.8 Å². The molecule has 0 aromatic carbocycles. The summed E-state index contributed by atoms with van der Waals surface area (Å²) in [5, 5.41) is 19.7. The Morgan fingerprint density at radius 1 is 1.50 bits per heavy atom. The first-order chi connectivity index (χ1) is 16.3. The van der Waals surface area contributed by atoms with Gasteiger partial charge in [-0.1, -0.05) is 29.6 Å². The Morgan fingerprint density at radius 2 is 2.29 bits per heavy atom. The average molecular weight is 508 g/mol. The molecule has 3 N–H and O–H groups in total. The Balaban J connectivity index is 1.67. The van der Waals surface area contributed by atoms with E-state index >= 15 is 0 Å². The van der Waals surface area contributed by atoms with E-state index in [1.165, 1.54) is 40.6 Å². The van der Waals surface area contributed by atoms with Gasteiger partial charge in [-0.25, -0.2) is 14.5 Å². The van der Waals surface area contributed by atoms with E-state index in [4.69, 9.17) is 15.3 Å². The maximum atomic E-state index is 12.8. The highest BCUT2D eigenvalue weighted by Crippen LogP contribution is 2.22. The van der Waals surface area contributed by atoms with Gasteiger partial charge in [0.05, 0.1) is 6.54 Å². The molecular formula is C18H21N9O5S2. The zero-order valence-corrected chi connectivity index (χ0v) is 19.8. The third-order valence-electron chi connectivity index (χ3n) is 4.30. The molecule has 1 atom stereocenters. The number of nitrogens with zero attached hydrogens (tertiary/aromatic N) is 7. The highest BCUT2D eigenvalue weighted by Gasteiger charge is 2.42. The Labute approximate surface area is 201 Å². The molecule has 1 aliphatic rings. The van der Waals surface area contributed by atoms with Gasteiger partial charge in [-0.05, 0) is 16.5 Å². The van der Waals surface area contributed by atoms with Crippen LogP contribution in [0, 0.1) is 0 Å². The molecule has 1 unspecified atom stereocenters. The summed E-state index contributed by atoms with van der Waals surface area (Å²) >= 11 is 2.40. The van der Waals surface area contributed by atoms with Crippen molar-refractivity contribution in [2.24, 2.45) is 12.2 Å². The zero-order valence-electron chi connectivity index (χ0n) is 18.2. The summed E-state index contributed by atoms with van der Waals surface area (Å²) in [6.45, 7) is 3.54. The second-order valence-corrected chi connectivity index (χ2v) is 8.42. The monoisotopic (exact) mass is 507 g/mol. The maximum absolute atomic E-state index is 12.8. The highest BCUT2D eigenvalue weighted by atomic mass is 32.2. The molecule has 0 radical (unpaired) electrons. The lowest BCUT2D eigenvalue weighted by Crippen LogP contribution is -2.64. The number of thioether (sulfide) groups is 1. The molecule has 1 fully saturated rings. The predicted octanol–water partition coefficient (Wildman–Crippen LogP) is -0.668. The average Bonchev–Trinajstić information content (AvgIpc) is 3.43. The van der Waals surface area contributed by atoms with Crippen LogP contribution in [0.2, 0.25) is 0 Å². The van der Waals surface area contributed by atoms with Crippen molar-refractivity contribution in [2.75, 3.05) is 31.7 Å². The number of nitrogen functional groups attached to an aromatic ring is 1. The summed E-state index contributed by atoms with van der Waals surface area (Å²) in [4.78, 5) is 47.9. The van der Waals surface area contributed by atoms with E-state index in [2.05, 4.69) is 37.6 Å². The molecule has 3 heterocycles. The highest BCUT2D eigenvalue weighted by molar-refractivity contribution is 7.99. The van der Waals surface area contributed by atoms with Crippen molar-refractivity contribution < 1.29 is 24.0 Å². The molecule has 1 aliphatic heterocycles. The first-order valence-electron chi connectivity index (χ1n) is 9.63. The smallest absolute Gasteiger partial charge is 0.355 e. The normalized spacial score (nSPS) is 16.1. The number of hydrogen-bond donors (Lipinski definition) is 2. The van der Waals surface area contributed by atoms with Gasteiger partial charge in [-0.3, -0.25) is 9.59 Å². The number of carbonyl (C=O) groups is 3. The molecule has 1 saturated heterocycles. The van der Waals surface area contributed by atoms with E-state index in [1.807, 2.05) is 0 Å². The van der Waals surface area contributed by atoms with Gasteiger partial charge in [-0.2, -0.15) is 0 Å². The SMILES string of the molecule is C=CCOC(=O)/C(=C\CSc1nnnn1C)N1CC(NC(=O)/C(=N/OC)c2csc(N)n2)C1=O. The fourth-order valence-corrected chi connectivity index (χ4v) is 3.98. The first-order valence-corrected chi connectivity index (χ1v) is 11.5. The number of tetrazole rings is 1. The van der Waals surface area contributed by atoms with Crippen LogP contribution in [0.4, 0.5) is 5.13 Å². The number of ether oxygens (including phenoxy) is 1. The lowest BCUT2D eigenvalue weighted by Gasteiger charge is -2.39. The van der Waals surface area contributed by atoms with Crippen molar-refractivity contribution >= 4 is 51.7 Å². The number of amides is 2. The van der Waals surface area contributed by atoms with Gasteiger partial charge < -0.3 is 25.5 Å². The quantitative estimate of drug-likeness (QED) is 0.0749. The summed E-state index contributed by atoms with van der Waals surface area (Å²) in [5.41, 5.74) is 5.74. The number of aromatic nitrogens is 5. The number of likely N-dealkylation sites (tertiary alicyclic amines) is 1. The summed E-state index contributed by atoms with van der Waals surface area (Å²) in [5.74, 6) is -1.57. The fourth-order valence-electron chi connectivity index (χ4n) is 2.72. The second kappa shape index (κ2) is 11.4. The minimum absolute atomic E-state index is 0.0215. The topological polar surface area (TPSA) is 180 Å². The third-order valence-corrected chi connectivity index (χ3v) is 5.91. The van der Waals surface area contributed by atoms with E-state index in [0.717, 1.165) is 11.3 Å². The van der Waals surface area contributed by atoms with Crippen LogP contribution < -0.4 is 11.1 Å². The molecule has 0 spiro atoms. The van der Waals surface area contributed by atoms with Gasteiger partial charge in [-0.15, -0.1) is 16.4 Å². The molecular weight excluding hydrogens is 486 g/mol. The van der Waals surface area contributed by atoms with Gasteiger partial charge in [0.2, 0.25) is 5.16 Å². The van der Waals surface area contributed by atoms with Crippen molar-refractivity contribution in [3.63, 3.8) is 0 Å². The van der Waals surface area contributed by atoms with E-state index < -0.39 is 23.8 Å². The summed E-state index contributed by atoms with van der Waals surface area (Å²) < 4.78 is 6.58. The van der Waals surface area contributed by atoms with Gasteiger partial charge in [0.25, 0.3) is 11.8 Å². The van der Waals surface area contributed by atoms with E-state index in [0.29, 0.717) is 10.9 Å². The standard InChI is InChI=1S/C18H21N9O5S2/c1-4-6-32-16(30)12(5-7-33-18-22-24-25-26(18)2)27-8-10(15(27)29)20-14(28)13(23-31-3)11-9-34-17(19)21-11/h4-5,9-10H,1,6-8H2,2-3H3,(H2,19,21)(H,20,28)/b12-5+,23-13+. The van der Waals surface area contributed by atoms with Crippen molar-refractivity contribution in [3.05, 3.63) is 35.5 Å². The number of thiazole rings is 1. The zero-order chi connectivity index (χ0) is 24.7. The fraction of sp³-hybridized carbons (Fsp3) is 0.333. The molecule has 2 aromatic heterocycles. The van der Waals surface area contributed by atoms with Gasteiger partial charge in [0.1, 0.15) is 31.1 Å². The molecule has 16 heteroatoms. The Kier molecular flexibility index (Phi) is 8.31. The number of aryl methyl sites for hydroxylation is 1. The van der Waals surface area contributed by atoms with Crippen molar-refractivity contribution in [1.82, 2.24) is 35.4 Å². The van der Waals surface area contributed by atoms with Crippen LogP contribution in [0.3, 0.4) is 0 Å². The Hall–Kier alpha value is -3.79. The number of oxime groups is 1. The number of nitrogens with two attached hydrogens (primary N) is 1. The summed E-state index contributed by atoms with van der Waals surface area (Å²) in [7, 11) is 2.96. The van der Waals surface area contributed by atoms with Crippen LogP contribution in [0.15, 0.2) is 40.1 Å². The van der Waals surface area contributed by atoms with Crippen molar-refractivity contribution in [3.8, 4) is 0 Å². The Morgan fingerprint density at radius 3 is 2.88 bits per heavy atom. The minimum Gasteiger partial charge on any atom is -0.457 e. The van der Waals surface area contributed by atoms with E-state index in [1.54, 1.807) is 12.4 Å². The number of anilines is 1. The molecule has 3 rings (SSSR count). The molecule has 180 valence electrons. The molecule has 2 aromatic rings. The lowest BCUT2D eigenvalue weighted by molar-refractivity contribution is -0.150. The molecule has 0 bridgehead atoms. The Bertz CT molecular complexity index is 1140. The molecule has 14 nitrogen and oxygen atoms in total. The van der Waals surface area contributed by atoms with Crippen LogP contribution in [-0.2, 0) is 31.0 Å². The number of carbonyl (C=O) groups excluding carboxylic acids is 3. The second-order valence-electron chi connectivity index (χ2n) is 6.54. The van der Waals surface area contributed by atoms with Crippen LogP contribution >= 0.6 is 23.1 Å². The minimum atomic E-state index is -0.878. The first kappa shape index (κ1) is 24.8. The number of β-lactam (4-membered cyclic amide) rings is 1. The summed E-state index contributed by atoms with van der Waals surface area (Å²) in [6, 6.07) is -0.878. The number of esters is 1. The van der Waals surface area contributed by atoms with Crippen LogP contribution in [0.1, 0.15) is 5.69 Å². The molecule has 34 heavy (non-hydrogen) atoms.